The van der Waals surface area contributed by atoms with Crippen LogP contribution in [0.4, 0.5) is 5.82 Å². The molecule has 0 aliphatic carbocycles. The van der Waals surface area contributed by atoms with E-state index in [2.05, 4.69) is 41.1 Å². The zero-order valence-corrected chi connectivity index (χ0v) is 9.61. The van der Waals surface area contributed by atoms with Crippen molar-refractivity contribution in [1.82, 2.24) is 25.1 Å². The second kappa shape index (κ2) is 3.93. The molecule has 0 spiro atoms. The van der Waals surface area contributed by atoms with Gasteiger partial charge in [0.15, 0.2) is 11.6 Å². The van der Waals surface area contributed by atoms with Crippen LogP contribution < -0.4 is 5.73 Å². The van der Waals surface area contributed by atoms with Crippen molar-refractivity contribution in [1.29, 1.82) is 0 Å². The number of nitrogens with two attached hydrogens (primary N) is 1. The Morgan fingerprint density at radius 1 is 1.47 bits per heavy atom. The Hall–Kier alpha value is -1.50. The molecule has 6 nitrogen and oxygen atoms in total. The number of aromatic amines is 1. The number of hydrogen-bond donors (Lipinski definition) is 2. The fourth-order valence-electron chi connectivity index (χ4n) is 1.17. The summed E-state index contributed by atoms with van der Waals surface area (Å²) in [6, 6.07) is 0. The minimum absolute atomic E-state index is 0.410. The van der Waals surface area contributed by atoms with Crippen LogP contribution >= 0.6 is 15.9 Å². The van der Waals surface area contributed by atoms with Gasteiger partial charge in [-0.1, -0.05) is 6.92 Å². The zero-order valence-electron chi connectivity index (χ0n) is 8.03. The highest BCUT2D eigenvalue weighted by Gasteiger charge is 2.11. The van der Waals surface area contributed by atoms with E-state index >= 15 is 0 Å². The standard InChI is InChI=1S/C8H9BrN6/c1-2-4-5(9)6(10)14-8(13-4)7-11-3-12-15-7/h3H,2H2,1H3,(H2,10,13,14)(H,11,12,15). The first-order valence-electron chi connectivity index (χ1n) is 4.40. The molecule has 0 saturated carbocycles. The van der Waals surface area contributed by atoms with E-state index in [1.54, 1.807) is 0 Å². The monoisotopic (exact) mass is 268 g/mol. The number of aryl methyl sites for hydroxylation is 1. The van der Waals surface area contributed by atoms with Gasteiger partial charge in [0.1, 0.15) is 12.1 Å². The molecule has 7 heteroatoms. The second-order valence-electron chi connectivity index (χ2n) is 2.88. The van der Waals surface area contributed by atoms with Crippen LogP contribution in [-0.4, -0.2) is 25.1 Å². The van der Waals surface area contributed by atoms with E-state index in [-0.39, 0.29) is 0 Å². The predicted octanol–water partition coefficient (Wildman–Crippen LogP) is 1.17. The van der Waals surface area contributed by atoms with Crippen molar-refractivity contribution >= 4 is 21.7 Å². The molecule has 0 radical (unpaired) electrons. The Labute approximate surface area is 94.5 Å². The zero-order chi connectivity index (χ0) is 10.8. The smallest absolute Gasteiger partial charge is 0.199 e. The largest absolute Gasteiger partial charge is 0.383 e. The molecule has 0 aromatic carbocycles. The molecule has 15 heavy (non-hydrogen) atoms. The molecule has 3 N–H and O–H groups in total. The summed E-state index contributed by atoms with van der Waals surface area (Å²) in [5.41, 5.74) is 6.60. The van der Waals surface area contributed by atoms with Gasteiger partial charge in [0.2, 0.25) is 0 Å². The predicted molar refractivity (Wildman–Crippen MR) is 58.9 cm³/mol. The number of nitrogens with zero attached hydrogens (tertiary/aromatic N) is 4. The highest BCUT2D eigenvalue weighted by Crippen LogP contribution is 2.23. The van der Waals surface area contributed by atoms with Gasteiger partial charge in [-0.15, -0.1) is 0 Å². The Morgan fingerprint density at radius 3 is 2.87 bits per heavy atom. The maximum Gasteiger partial charge on any atom is 0.199 e. The molecule has 0 aliphatic heterocycles. The van der Waals surface area contributed by atoms with Gasteiger partial charge in [-0.2, -0.15) is 5.10 Å². The minimum Gasteiger partial charge on any atom is -0.383 e. The first kappa shape index (κ1) is 10.0. The number of H-pyrrole nitrogens is 1. The Balaban J connectivity index is 2.55. The SMILES string of the molecule is CCc1nc(-c2ncn[nH]2)nc(N)c1Br. The van der Waals surface area contributed by atoms with Crippen LogP contribution in [0.15, 0.2) is 10.8 Å². The molecule has 0 fully saturated rings. The van der Waals surface area contributed by atoms with E-state index in [1.165, 1.54) is 6.33 Å². The fraction of sp³-hybridized carbons (Fsp3) is 0.250. The van der Waals surface area contributed by atoms with Gasteiger partial charge in [-0.05, 0) is 22.4 Å². The van der Waals surface area contributed by atoms with E-state index in [9.17, 15) is 0 Å². The summed E-state index contributed by atoms with van der Waals surface area (Å²) in [7, 11) is 0. The maximum absolute atomic E-state index is 5.74. The molecule has 0 atom stereocenters. The number of halogens is 1. The highest BCUT2D eigenvalue weighted by molar-refractivity contribution is 9.10. The lowest BCUT2D eigenvalue weighted by Gasteiger charge is -2.05. The summed E-state index contributed by atoms with van der Waals surface area (Å²) >= 11 is 3.34. The average molecular weight is 269 g/mol. The Bertz CT molecular complexity index is 466. The molecule has 2 rings (SSSR count). The van der Waals surface area contributed by atoms with Gasteiger partial charge >= 0.3 is 0 Å². The van der Waals surface area contributed by atoms with Crippen LogP contribution in [0.2, 0.25) is 0 Å². The molecule has 2 heterocycles. The average Bonchev–Trinajstić information content (AvgIpc) is 2.75. The number of anilines is 1. The summed E-state index contributed by atoms with van der Waals surface area (Å²) in [6.45, 7) is 2.00. The minimum atomic E-state index is 0.410. The molecule has 0 unspecified atom stereocenters. The summed E-state index contributed by atoms with van der Waals surface area (Å²) in [4.78, 5) is 12.4. The molecule has 78 valence electrons. The van der Waals surface area contributed by atoms with Crippen molar-refractivity contribution in [2.45, 2.75) is 13.3 Å². The second-order valence-corrected chi connectivity index (χ2v) is 3.67. The van der Waals surface area contributed by atoms with Gasteiger partial charge < -0.3 is 5.73 Å². The number of aromatic nitrogens is 5. The van der Waals surface area contributed by atoms with Gasteiger partial charge in [0.25, 0.3) is 0 Å². The molecular weight excluding hydrogens is 260 g/mol. The van der Waals surface area contributed by atoms with Crippen molar-refractivity contribution in [3.63, 3.8) is 0 Å². The van der Waals surface area contributed by atoms with Gasteiger partial charge in [0, 0.05) is 0 Å². The number of nitrogen functional groups attached to an aromatic ring is 1. The van der Waals surface area contributed by atoms with E-state index in [4.69, 9.17) is 5.73 Å². The van der Waals surface area contributed by atoms with Crippen molar-refractivity contribution in [2.24, 2.45) is 0 Å². The molecule has 2 aromatic heterocycles. The van der Waals surface area contributed by atoms with Crippen molar-refractivity contribution in [3.8, 4) is 11.6 Å². The molecule has 0 saturated heterocycles. The molecule has 2 aromatic rings. The lowest BCUT2D eigenvalue weighted by Crippen LogP contribution is -2.02. The van der Waals surface area contributed by atoms with Crippen LogP contribution in [0.3, 0.4) is 0 Å². The lowest BCUT2D eigenvalue weighted by molar-refractivity contribution is 0.977. The summed E-state index contributed by atoms with van der Waals surface area (Å²) < 4.78 is 0.744. The third-order valence-electron chi connectivity index (χ3n) is 1.91. The van der Waals surface area contributed by atoms with Gasteiger partial charge in [-0.3, -0.25) is 5.10 Å². The van der Waals surface area contributed by atoms with Gasteiger partial charge in [0.05, 0.1) is 10.2 Å². The summed E-state index contributed by atoms with van der Waals surface area (Å²) in [6.07, 6.45) is 2.18. The quantitative estimate of drug-likeness (QED) is 0.853. The van der Waals surface area contributed by atoms with Gasteiger partial charge in [-0.25, -0.2) is 15.0 Å². The van der Waals surface area contributed by atoms with Crippen LogP contribution in [0.5, 0.6) is 0 Å². The third kappa shape index (κ3) is 1.82. The van der Waals surface area contributed by atoms with Crippen LogP contribution in [0.1, 0.15) is 12.6 Å². The Kier molecular flexibility index (Phi) is 2.63. The van der Waals surface area contributed by atoms with Crippen LogP contribution in [0.25, 0.3) is 11.6 Å². The first-order chi connectivity index (χ1) is 7.22. The van der Waals surface area contributed by atoms with Crippen molar-refractivity contribution in [3.05, 3.63) is 16.5 Å². The van der Waals surface area contributed by atoms with Crippen molar-refractivity contribution in [2.75, 3.05) is 5.73 Å². The normalized spacial score (nSPS) is 10.5. The number of rotatable bonds is 2. The van der Waals surface area contributed by atoms with Crippen molar-refractivity contribution < 1.29 is 0 Å². The fourth-order valence-corrected chi connectivity index (χ4v) is 1.62. The number of hydrogen-bond acceptors (Lipinski definition) is 5. The van der Waals surface area contributed by atoms with E-state index in [0.29, 0.717) is 17.5 Å². The molecule has 0 amide bonds. The van der Waals surface area contributed by atoms with E-state index in [0.717, 1.165) is 16.6 Å². The lowest BCUT2D eigenvalue weighted by atomic mass is 10.3. The Morgan fingerprint density at radius 2 is 2.27 bits per heavy atom. The van der Waals surface area contributed by atoms with Crippen LogP contribution in [-0.2, 0) is 6.42 Å². The third-order valence-corrected chi connectivity index (χ3v) is 2.77. The van der Waals surface area contributed by atoms with E-state index in [1.807, 2.05) is 6.92 Å². The number of nitrogens with one attached hydrogen (secondary N) is 1. The summed E-state index contributed by atoms with van der Waals surface area (Å²) in [5.74, 6) is 1.39. The first-order valence-corrected chi connectivity index (χ1v) is 5.19. The summed E-state index contributed by atoms with van der Waals surface area (Å²) in [5, 5.41) is 6.43. The maximum atomic E-state index is 5.74. The topological polar surface area (TPSA) is 93.4 Å². The highest BCUT2D eigenvalue weighted by atomic mass is 79.9. The van der Waals surface area contributed by atoms with Crippen LogP contribution in [0, 0.1) is 0 Å². The molecule has 0 aliphatic rings. The molecular formula is C8H9BrN6. The van der Waals surface area contributed by atoms with E-state index < -0.39 is 0 Å². The molecule has 0 bridgehead atoms.